The standard InChI is InChI=1S/C13H19N7O2/c1-7(2)14-11-16-12(15-8(3)4)18-13(17-11)20-10(22)6-5-9(21)19-20/h5-8H,1-4H3,(H,19,21)(H2,14,15,16,17,18). The lowest BCUT2D eigenvalue weighted by atomic mass is 10.4. The second-order valence-corrected chi connectivity index (χ2v) is 5.36. The van der Waals surface area contributed by atoms with Crippen molar-refractivity contribution in [2.24, 2.45) is 0 Å². The molecule has 0 fully saturated rings. The molecular formula is C13H19N7O2. The second kappa shape index (κ2) is 6.37. The van der Waals surface area contributed by atoms with Crippen molar-refractivity contribution in [1.82, 2.24) is 24.7 Å². The molecule has 22 heavy (non-hydrogen) atoms. The molecule has 2 heterocycles. The third-order valence-electron chi connectivity index (χ3n) is 2.48. The van der Waals surface area contributed by atoms with Gasteiger partial charge in [0.25, 0.3) is 17.1 Å². The van der Waals surface area contributed by atoms with Gasteiger partial charge in [-0.25, -0.2) is 0 Å². The Balaban J connectivity index is 2.56. The summed E-state index contributed by atoms with van der Waals surface area (Å²) in [5.41, 5.74) is -0.853. The third kappa shape index (κ3) is 3.90. The predicted molar refractivity (Wildman–Crippen MR) is 83.6 cm³/mol. The van der Waals surface area contributed by atoms with Gasteiger partial charge in [0.05, 0.1) is 0 Å². The zero-order valence-electron chi connectivity index (χ0n) is 12.9. The smallest absolute Gasteiger partial charge is 0.272 e. The Morgan fingerprint density at radius 2 is 1.50 bits per heavy atom. The minimum atomic E-state index is -0.434. The van der Waals surface area contributed by atoms with E-state index >= 15 is 0 Å². The van der Waals surface area contributed by atoms with Crippen molar-refractivity contribution in [3.05, 3.63) is 32.8 Å². The normalized spacial score (nSPS) is 11.0. The fourth-order valence-corrected chi connectivity index (χ4v) is 1.68. The molecule has 9 nitrogen and oxygen atoms in total. The maximum Gasteiger partial charge on any atom is 0.272 e. The van der Waals surface area contributed by atoms with E-state index in [1.54, 1.807) is 0 Å². The van der Waals surface area contributed by atoms with E-state index in [9.17, 15) is 9.59 Å². The van der Waals surface area contributed by atoms with Crippen molar-refractivity contribution in [2.45, 2.75) is 39.8 Å². The van der Waals surface area contributed by atoms with Gasteiger partial charge >= 0.3 is 0 Å². The van der Waals surface area contributed by atoms with Crippen LogP contribution >= 0.6 is 0 Å². The summed E-state index contributed by atoms with van der Waals surface area (Å²) in [6.07, 6.45) is 0. The molecule has 2 rings (SSSR count). The van der Waals surface area contributed by atoms with E-state index in [2.05, 4.69) is 30.7 Å². The Morgan fingerprint density at radius 3 is 2.00 bits per heavy atom. The molecule has 0 saturated carbocycles. The van der Waals surface area contributed by atoms with Crippen LogP contribution in [0.1, 0.15) is 27.7 Å². The number of aromatic amines is 1. The molecule has 0 aliphatic heterocycles. The van der Waals surface area contributed by atoms with E-state index < -0.39 is 11.1 Å². The molecule has 0 amide bonds. The Hall–Kier alpha value is -2.71. The maximum atomic E-state index is 11.9. The molecule has 0 aromatic carbocycles. The quantitative estimate of drug-likeness (QED) is 0.729. The number of nitrogens with zero attached hydrogens (tertiary/aromatic N) is 4. The highest BCUT2D eigenvalue weighted by Gasteiger charge is 2.11. The van der Waals surface area contributed by atoms with Crippen LogP contribution in [0.2, 0.25) is 0 Å². The van der Waals surface area contributed by atoms with Crippen LogP contribution < -0.4 is 21.8 Å². The van der Waals surface area contributed by atoms with Gasteiger partial charge in [0.2, 0.25) is 11.9 Å². The fraction of sp³-hybridized carbons (Fsp3) is 0.462. The molecule has 0 aliphatic rings. The molecule has 0 saturated heterocycles. The number of rotatable bonds is 5. The first-order valence-corrected chi connectivity index (χ1v) is 6.97. The SMILES string of the molecule is CC(C)Nc1nc(NC(C)C)nc(-n2[nH]c(=O)ccc2=O)n1. The number of hydrogen-bond acceptors (Lipinski definition) is 7. The van der Waals surface area contributed by atoms with Gasteiger partial charge in [0, 0.05) is 24.2 Å². The topological polar surface area (TPSA) is 118 Å². The summed E-state index contributed by atoms with van der Waals surface area (Å²) in [5.74, 6) is 0.684. The molecule has 9 heteroatoms. The summed E-state index contributed by atoms with van der Waals surface area (Å²) in [7, 11) is 0. The molecule has 118 valence electrons. The Kier molecular flexibility index (Phi) is 4.54. The minimum absolute atomic E-state index is 0.0454. The van der Waals surface area contributed by atoms with Crippen LogP contribution in [-0.4, -0.2) is 36.8 Å². The molecule has 2 aromatic rings. The first-order chi connectivity index (χ1) is 10.3. The van der Waals surface area contributed by atoms with Gasteiger partial charge in [-0.3, -0.25) is 14.7 Å². The van der Waals surface area contributed by atoms with Gasteiger partial charge in [0.1, 0.15) is 0 Å². The lowest BCUT2D eigenvalue weighted by Crippen LogP contribution is -2.29. The van der Waals surface area contributed by atoms with E-state index in [0.717, 1.165) is 16.8 Å². The molecule has 0 unspecified atom stereocenters. The van der Waals surface area contributed by atoms with Crippen molar-refractivity contribution >= 4 is 11.9 Å². The summed E-state index contributed by atoms with van der Waals surface area (Å²) >= 11 is 0. The molecule has 0 bridgehead atoms. The number of aromatic nitrogens is 5. The molecule has 2 aromatic heterocycles. The zero-order chi connectivity index (χ0) is 16.3. The molecule has 0 spiro atoms. The minimum Gasteiger partial charge on any atom is -0.352 e. The monoisotopic (exact) mass is 305 g/mol. The van der Waals surface area contributed by atoms with E-state index in [0.29, 0.717) is 11.9 Å². The van der Waals surface area contributed by atoms with Gasteiger partial charge in [-0.1, -0.05) is 0 Å². The summed E-state index contributed by atoms with van der Waals surface area (Å²) in [6.45, 7) is 7.76. The van der Waals surface area contributed by atoms with E-state index in [4.69, 9.17) is 0 Å². The van der Waals surface area contributed by atoms with Crippen molar-refractivity contribution in [1.29, 1.82) is 0 Å². The highest BCUT2D eigenvalue weighted by Crippen LogP contribution is 2.09. The van der Waals surface area contributed by atoms with Gasteiger partial charge in [-0.15, -0.1) is 0 Å². The van der Waals surface area contributed by atoms with Crippen LogP contribution in [0.3, 0.4) is 0 Å². The third-order valence-corrected chi connectivity index (χ3v) is 2.48. The van der Waals surface area contributed by atoms with Crippen molar-refractivity contribution < 1.29 is 0 Å². The van der Waals surface area contributed by atoms with Crippen LogP contribution in [-0.2, 0) is 0 Å². The van der Waals surface area contributed by atoms with Crippen molar-refractivity contribution in [2.75, 3.05) is 10.6 Å². The van der Waals surface area contributed by atoms with Crippen LogP contribution in [0.25, 0.3) is 5.95 Å². The van der Waals surface area contributed by atoms with Crippen molar-refractivity contribution in [3.8, 4) is 5.95 Å². The van der Waals surface area contributed by atoms with E-state index in [-0.39, 0.29) is 18.0 Å². The van der Waals surface area contributed by atoms with Gasteiger partial charge in [0.15, 0.2) is 0 Å². The lowest BCUT2D eigenvalue weighted by Gasteiger charge is -2.13. The highest BCUT2D eigenvalue weighted by atomic mass is 16.2. The van der Waals surface area contributed by atoms with Crippen LogP contribution in [0.4, 0.5) is 11.9 Å². The molecule has 0 radical (unpaired) electrons. The van der Waals surface area contributed by atoms with Crippen LogP contribution in [0.15, 0.2) is 21.7 Å². The van der Waals surface area contributed by atoms with Gasteiger partial charge in [-0.05, 0) is 27.7 Å². The Morgan fingerprint density at radius 1 is 0.955 bits per heavy atom. The number of nitrogens with one attached hydrogen (secondary N) is 3. The average Bonchev–Trinajstić information content (AvgIpc) is 2.39. The number of anilines is 2. The Bertz CT molecular complexity index is 735. The lowest BCUT2D eigenvalue weighted by molar-refractivity contribution is 0.724. The first kappa shape index (κ1) is 15.7. The van der Waals surface area contributed by atoms with E-state index in [1.165, 1.54) is 0 Å². The van der Waals surface area contributed by atoms with E-state index in [1.807, 2.05) is 27.7 Å². The molecule has 3 N–H and O–H groups in total. The molecule has 0 aliphatic carbocycles. The number of H-pyrrole nitrogens is 1. The zero-order valence-corrected chi connectivity index (χ0v) is 12.9. The second-order valence-electron chi connectivity index (χ2n) is 5.36. The van der Waals surface area contributed by atoms with Crippen molar-refractivity contribution in [3.63, 3.8) is 0 Å². The Labute approximate surface area is 126 Å². The largest absolute Gasteiger partial charge is 0.352 e. The van der Waals surface area contributed by atoms with Gasteiger partial charge in [-0.2, -0.15) is 19.6 Å². The average molecular weight is 305 g/mol. The highest BCUT2D eigenvalue weighted by molar-refractivity contribution is 5.38. The fourth-order valence-electron chi connectivity index (χ4n) is 1.68. The first-order valence-electron chi connectivity index (χ1n) is 6.97. The summed E-state index contributed by atoms with van der Waals surface area (Å²) in [4.78, 5) is 35.9. The van der Waals surface area contributed by atoms with Gasteiger partial charge < -0.3 is 10.6 Å². The summed E-state index contributed by atoms with van der Waals surface area (Å²) < 4.78 is 0.987. The molecular weight excluding hydrogens is 286 g/mol. The summed E-state index contributed by atoms with van der Waals surface area (Å²) in [6, 6.07) is 2.52. The van der Waals surface area contributed by atoms with Crippen LogP contribution in [0, 0.1) is 0 Å². The molecule has 0 atom stereocenters. The summed E-state index contributed by atoms with van der Waals surface area (Å²) in [5, 5.41) is 8.50. The maximum absolute atomic E-state index is 11.9. The van der Waals surface area contributed by atoms with Crippen LogP contribution in [0.5, 0.6) is 0 Å². The predicted octanol–water partition coefficient (Wildman–Crippen LogP) is 0.351. The number of hydrogen-bond donors (Lipinski definition) is 3.